The van der Waals surface area contributed by atoms with Gasteiger partial charge < -0.3 is 4.29 Å². The van der Waals surface area contributed by atoms with Gasteiger partial charge in [-0.2, -0.15) is 0 Å². The van der Waals surface area contributed by atoms with Crippen LogP contribution in [0.1, 0.15) is 6.42 Å². The fourth-order valence-electron chi connectivity index (χ4n) is 0.192. The van der Waals surface area contributed by atoms with Gasteiger partial charge in [-0.25, -0.2) is 0 Å². The van der Waals surface area contributed by atoms with E-state index in [1.807, 2.05) is 0 Å². The lowest BCUT2D eigenvalue weighted by atomic mass is 10.4. The molecule has 0 saturated heterocycles. The molecule has 0 unspecified atom stereocenters. The maximum absolute atomic E-state index is 4.88. The smallest absolute Gasteiger partial charge is 0.134 e. The van der Waals surface area contributed by atoms with Crippen LogP contribution < -0.4 is 0 Å². The maximum Gasteiger partial charge on any atom is 0.134 e. The van der Waals surface area contributed by atoms with E-state index in [4.69, 9.17) is 11.9 Å². The van der Waals surface area contributed by atoms with Crippen LogP contribution in [0.25, 0.3) is 0 Å². The summed E-state index contributed by atoms with van der Waals surface area (Å²) < 4.78 is 4.20. The second-order valence-electron chi connectivity index (χ2n) is 1.11. The van der Waals surface area contributed by atoms with Gasteiger partial charge in [0.1, 0.15) is 17.6 Å². The van der Waals surface area contributed by atoms with Gasteiger partial charge in [0.05, 0.1) is 0 Å². The second-order valence-corrected chi connectivity index (χ2v) is 1.26. The first kappa shape index (κ1) is 6.57. The van der Waals surface area contributed by atoms with E-state index >= 15 is 0 Å². The Hall–Kier alpha value is -0.430. The lowest BCUT2D eigenvalue weighted by Crippen LogP contribution is -1.72. The first-order valence-electron chi connectivity index (χ1n) is 1.88. The van der Waals surface area contributed by atoms with Crippen molar-refractivity contribution in [3.63, 3.8) is 0 Å². The van der Waals surface area contributed by atoms with E-state index in [1.54, 1.807) is 6.08 Å². The van der Waals surface area contributed by atoms with Crippen LogP contribution in [0, 0.1) is 0 Å². The second kappa shape index (κ2) is 3.75. The largest absolute Gasteiger partial charge is 0.390 e. The molecule has 0 aliphatic heterocycles. The molecule has 1 nitrogen and oxygen atoms in total. The van der Waals surface area contributed by atoms with E-state index in [-0.39, 0.29) is 0 Å². The Balaban J connectivity index is 3.17. The van der Waals surface area contributed by atoms with Crippen molar-refractivity contribution in [2.24, 2.45) is 0 Å². The molecule has 0 aromatic rings. The first-order chi connectivity index (χ1) is 3.31. The van der Waals surface area contributed by atoms with Gasteiger partial charge in [-0.05, 0) is 0 Å². The van der Waals surface area contributed by atoms with Gasteiger partial charge in [0.2, 0.25) is 0 Å². The normalized spacial score (nSPS) is 7.57. The number of hydrogen-bond donors (Lipinski definition) is 0. The zero-order valence-corrected chi connectivity index (χ0v) is 4.74. The number of allylic oxidation sites excluding steroid dienone is 1. The predicted molar refractivity (Wildman–Crippen MR) is 30.9 cm³/mol. The van der Waals surface area contributed by atoms with Gasteiger partial charge >= 0.3 is 0 Å². The number of rotatable bonds is 3. The van der Waals surface area contributed by atoms with E-state index in [0.717, 1.165) is 0 Å². The van der Waals surface area contributed by atoms with Crippen molar-refractivity contribution < 1.29 is 4.29 Å². The average molecular weight is 119 g/mol. The Labute approximate surface area is 48.4 Å². The molecule has 40 valence electrons. The minimum Gasteiger partial charge on any atom is -0.390 e. The van der Waals surface area contributed by atoms with Gasteiger partial charge in [-0.3, -0.25) is 0 Å². The van der Waals surface area contributed by atoms with Crippen LogP contribution in [0.15, 0.2) is 25.0 Å². The Morgan fingerprint density at radius 3 is 2.57 bits per heavy atom. The van der Waals surface area contributed by atoms with E-state index in [2.05, 4.69) is 17.4 Å². The molecule has 0 N–H and O–H groups in total. The molecule has 0 aromatic carbocycles. The summed E-state index contributed by atoms with van der Waals surface area (Å²) in [5.74, 6) is 0.525. The summed E-state index contributed by atoms with van der Waals surface area (Å²) in [5.41, 5.74) is 0. The molecular weight excluding hydrogens is 112 g/mol. The minimum atomic E-state index is 0.525. The molecule has 2 heteroatoms. The Morgan fingerprint density at radius 2 is 2.43 bits per heavy atom. The average Bonchev–Trinajstić information content (AvgIpc) is 1.68. The fraction of sp³-hybridized carbons (Fsp3) is 0.200. The van der Waals surface area contributed by atoms with Crippen LogP contribution in [-0.4, -0.2) is 0 Å². The fourth-order valence-corrected chi connectivity index (χ4v) is 0.255. The van der Waals surface area contributed by atoms with Gasteiger partial charge in [0, 0.05) is 6.42 Å². The highest BCUT2D eigenvalue weighted by Gasteiger charge is 1.83. The van der Waals surface area contributed by atoms with Crippen LogP contribution in [0.5, 0.6) is 0 Å². The predicted octanol–water partition coefficient (Wildman–Crippen LogP) is 2.25. The number of halogens is 1. The highest BCUT2D eigenvalue weighted by molar-refractivity contribution is 6.08. The zero-order valence-electron chi connectivity index (χ0n) is 3.98. The standard InChI is InChI=1S/C5H7ClO/c1-3-4-5(2)7-6/h3H,1-2,4H2. The molecule has 0 amide bonds. The zero-order chi connectivity index (χ0) is 5.70. The molecule has 0 aromatic heterocycles. The Morgan fingerprint density at radius 1 is 1.86 bits per heavy atom. The highest BCUT2D eigenvalue weighted by atomic mass is 35.5. The van der Waals surface area contributed by atoms with Crippen LogP contribution in [0.2, 0.25) is 0 Å². The molecule has 0 spiro atoms. The van der Waals surface area contributed by atoms with Crippen LogP contribution in [0.4, 0.5) is 0 Å². The highest BCUT2D eigenvalue weighted by Crippen LogP contribution is 2.01. The molecule has 0 rings (SSSR count). The summed E-state index contributed by atoms with van der Waals surface area (Å²) >= 11 is 4.88. The maximum atomic E-state index is 4.88. The van der Waals surface area contributed by atoms with Crippen LogP contribution in [-0.2, 0) is 4.29 Å². The number of hydrogen-bond acceptors (Lipinski definition) is 1. The minimum absolute atomic E-state index is 0.525. The Bertz CT molecular complexity index is 78.1. The van der Waals surface area contributed by atoms with Gasteiger partial charge in [0.25, 0.3) is 0 Å². The van der Waals surface area contributed by atoms with E-state index in [0.29, 0.717) is 12.2 Å². The van der Waals surface area contributed by atoms with E-state index < -0.39 is 0 Å². The van der Waals surface area contributed by atoms with Crippen molar-refractivity contribution in [3.05, 3.63) is 25.0 Å². The van der Waals surface area contributed by atoms with Gasteiger partial charge in [-0.15, -0.1) is 6.58 Å². The van der Waals surface area contributed by atoms with Crippen molar-refractivity contribution in [2.75, 3.05) is 0 Å². The van der Waals surface area contributed by atoms with Crippen molar-refractivity contribution in [2.45, 2.75) is 6.42 Å². The quantitative estimate of drug-likeness (QED) is 0.408. The summed E-state index contributed by atoms with van der Waals surface area (Å²) in [6.45, 7) is 6.89. The van der Waals surface area contributed by atoms with E-state index in [9.17, 15) is 0 Å². The molecule has 0 saturated carbocycles. The third-order valence-corrected chi connectivity index (χ3v) is 0.699. The SMILES string of the molecule is C=CCC(=C)OCl. The summed E-state index contributed by atoms with van der Waals surface area (Å²) in [4.78, 5) is 0. The first-order valence-corrected chi connectivity index (χ1v) is 2.19. The molecule has 0 bridgehead atoms. The lowest BCUT2D eigenvalue weighted by Gasteiger charge is -1.90. The monoisotopic (exact) mass is 118 g/mol. The molecule has 0 aliphatic rings. The summed E-state index contributed by atoms with van der Waals surface area (Å²) in [7, 11) is 0. The molecule has 0 atom stereocenters. The van der Waals surface area contributed by atoms with Gasteiger partial charge in [0.15, 0.2) is 0 Å². The molecule has 7 heavy (non-hydrogen) atoms. The molecule has 0 heterocycles. The van der Waals surface area contributed by atoms with E-state index in [1.165, 1.54) is 0 Å². The molecule has 0 radical (unpaired) electrons. The summed E-state index contributed by atoms with van der Waals surface area (Å²) in [6, 6.07) is 0. The summed E-state index contributed by atoms with van der Waals surface area (Å²) in [6.07, 6.45) is 2.29. The molecule has 0 aliphatic carbocycles. The van der Waals surface area contributed by atoms with Crippen molar-refractivity contribution in [3.8, 4) is 0 Å². The third-order valence-electron chi connectivity index (χ3n) is 0.481. The third kappa shape index (κ3) is 3.40. The van der Waals surface area contributed by atoms with Crippen molar-refractivity contribution in [1.82, 2.24) is 0 Å². The Kier molecular flexibility index (Phi) is 3.52. The summed E-state index contributed by atoms with van der Waals surface area (Å²) in [5, 5.41) is 0. The van der Waals surface area contributed by atoms with Crippen LogP contribution in [0.3, 0.4) is 0 Å². The molecular formula is C5H7ClO. The topological polar surface area (TPSA) is 9.23 Å². The lowest BCUT2D eigenvalue weighted by molar-refractivity contribution is 0.464. The van der Waals surface area contributed by atoms with Crippen molar-refractivity contribution in [1.29, 1.82) is 0 Å². The molecule has 0 fully saturated rings. The van der Waals surface area contributed by atoms with Gasteiger partial charge in [-0.1, -0.05) is 12.7 Å². The van der Waals surface area contributed by atoms with Crippen molar-refractivity contribution >= 4 is 11.9 Å². The van der Waals surface area contributed by atoms with Crippen LogP contribution >= 0.6 is 11.9 Å².